The highest BCUT2D eigenvalue weighted by atomic mass is 19.4. The maximum absolute atomic E-state index is 12.0. The van der Waals surface area contributed by atoms with Gasteiger partial charge in [0.1, 0.15) is 11.4 Å². The van der Waals surface area contributed by atoms with Crippen molar-refractivity contribution in [1.82, 2.24) is 5.32 Å². The van der Waals surface area contributed by atoms with Crippen LogP contribution in [0.3, 0.4) is 0 Å². The Bertz CT molecular complexity index is 510. The second kappa shape index (κ2) is 7.43. The largest absolute Gasteiger partial charge is 0.573 e. The highest BCUT2D eigenvalue weighted by molar-refractivity contribution is 5.68. The first-order chi connectivity index (χ1) is 10.4. The topological polar surface area (TPSA) is 59.6 Å². The molecule has 1 rings (SSSR count). The van der Waals surface area contributed by atoms with Crippen molar-refractivity contribution in [3.05, 3.63) is 24.3 Å². The Morgan fingerprint density at radius 1 is 1.17 bits per heavy atom. The highest BCUT2D eigenvalue weighted by Gasteiger charge is 2.30. The molecule has 0 saturated carbocycles. The molecule has 0 saturated heterocycles. The molecule has 0 fully saturated rings. The summed E-state index contributed by atoms with van der Waals surface area (Å²) in [4.78, 5) is 11.6. The Labute approximate surface area is 133 Å². The van der Waals surface area contributed by atoms with E-state index in [1.54, 1.807) is 27.7 Å². The van der Waals surface area contributed by atoms with Crippen LogP contribution in [0.1, 0.15) is 27.7 Å². The molecule has 1 atom stereocenters. The lowest BCUT2D eigenvalue weighted by Gasteiger charge is -2.22. The Kier molecular flexibility index (Phi) is 6.12. The molecule has 5 nitrogen and oxygen atoms in total. The summed E-state index contributed by atoms with van der Waals surface area (Å²) in [7, 11) is 0. The van der Waals surface area contributed by atoms with Crippen molar-refractivity contribution in [2.75, 3.05) is 11.9 Å². The van der Waals surface area contributed by atoms with Crippen molar-refractivity contribution >= 4 is 11.8 Å². The molecular formula is C15H21F3N2O3. The van der Waals surface area contributed by atoms with Gasteiger partial charge < -0.3 is 20.1 Å². The zero-order valence-corrected chi connectivity index (χ0v) is 13.5. The zero-order valence-electron chi connectivity index (χ0n) is 13.5. The van der Waals surface area contributed by atoms with Crippen molar-refractivity contribution in [2.45, 2.75) is 45.7 Å². The van der Waals surface area contributed by atoms with E-state index in [1.807, 2.05) is 0 Å². The summed E-state index contributed by atoms with van der Waals surface area (Å²) < 4.78 is 45.0. The average Bonchev–Trinajstić information content (AvgIpc) is 2.33. The van der Waals surface area contributed by atoms with Crippen LogP contribution in [-0.4, -0.2) is 30.6 Å². The summed E-state index contributed by atoms with van der Waals surface area (Å²) in [5, 5.41) is 5.65. The van der Waals surface area contributed by atoms with Crippen LogP contribution in [0.15, 0.2) is 24.3 Å². The third-order valence-corrected chi connectivity index (χ3v) is 2.46. The van der Waals surface area contributed by atoms with Crippen molar-refractivity contribution in [1.29, 1.82) is 0 Å². The third kappa shape index (κ3) is 8.80. The minimum atomic E-state index is -4.71. The first-order valence-corrected chi connectivity index (χ1v) is 7.04. The van der Waals surface area contributed by atoms with Gasteiger partial charge in [-0.25, -0.2) is 4.79 Å². The number of amides is 1. The lowest BCUT2D eigenvalue weighted by atomic mass is 10.2. The average molecular weight is 334 g/mol. The van der Waals surface area contributed by atoms with Gasteiger partial charge in [-0.1, -0.05) is 0 Å². The van der Waals surface area contributed by atoms with Gasteiger partial charge >= 0.3 is 12.5 Å². The van der Waals surface area contributed by atoms with Crippen LogP contribution in [-0.2, 0) is 4.74 Å². The monoisotopic (exact) mass is 334 g/mol. The van der Waals surface area contributed by atoms with E-state index in [0.29, 0.717) is 12.2 Å². The van der Waals surface area contributed by atoms with E-state index in [2.05, 4.69) is 15.4 Å². The van der Waals surface area contributed by atoms with Crippen LogP contribution < -0.4 is 15.4 Å². The minimum absolute atomic E-state index is 0.226. The van der Waals surface area contributed by atoms with Gasteiger partial charge in [-0.15, -0.1) is 13.2 Å². The van der Waals surface area contributed by atoms with E-state index < -0.39 is 18.1 Å². The van der Waals surface area contributed by atoms with E-state index in [1.165, 1.54) is 24.3 Å². The van der Waals surface area contributed by atoms with Crippen LogP contribution in [0.4, 0.5) is 23.7 Å². The summed E-state index contributed by atoms with van der Waals surface area (Å²) in [5.41, 5.74) is 0.0308. The molecular weight excluding hydrogens is 313 g/mol. The number of carbonyl (C=O) groups is 1. The summed E-state index contributed by atoms with van der Waals surface area (Å²) in [6, 6.07) is 5.11. The fourth-order valence-corrected chi connectivity index (χ4v) is 1.61. The van der Waals surface area contributed by atoms with E-state index in [-0.39, 0.29) is 11.8 Å². The van der Waals surface area contributed by atoms with Gasteiger partial charge in [0.2, 0.25) is 0 Å². The molecule has 1 amide bonds. The zero-order chi connectivity index (χ0) is 17.7. The lowest BCUT2D eigenvalue weighted by Crippen LogP contribution is -2.40. The molecule has 0 aliphatic rings. The van der Waals surface area contributed by atoms with E-state index in [0.717, 1.165) is 0 Å². The van der Waals surface area contributed by atoms with Gasteiger partial charge in [-0.2, -0.15) is 0 Å². The molecule has 0 heterocycles. The van der Waals surface area contributed by atoms with Gasteiger partial charge in [-0.05, 0) is 52.0 Å². The molecule has 2 N–H and O–H groups in total. The number of alkyl carbamates (subject to hydrolysis) is 1. The molecule has 1 unspecified atom stereocenters. The number of nitrogens with one attached hydrogen (secondary N) is 2. The molecule has 0 spiro atoms. The van der Waals surface area contributed by atoms with Crippen LogP contribution in [0.5, 0.6) is 5.75 Å². The molecule has 0 aromatic heterocycles. The second-order valence-electron chi connectivity index (χ2n) is 6.00. The van der Waals surface area contributed by atoms with Crippen molar-refractivity contribution in [3.63, 3.8) is 0 Å². The second-order valence-corrected chi connectivity index (χ2v) is 6.00. The van der Waals surface area contributed by atoms with Crippen molar-refractivity contribution < 1.29 is 27.4 Å². The summed E-state index contributed by atoms with van der Waals surface area (Å²) in [6.45, 7) is 7.46. The first kappa shape index (κ1) is 18.9. The van der Waals surface area contributed by atoms with Gasteiger partial charge in [0.15, 0.2) is 0 Å². The summed E-state index contributed by atoms with van der Waals surface area (Å²) in [6.07, 6.45) is -5.23. The normalized spacial score (nSPS) is 13.2. The number of alkyl halides is 3. The SMILES string of the molecule is CC(CNc1ccc(OC(F)(F)F)cc1)NC(=O)OC(C)(C)C. The molecule has 8 heteroatoms. The van der Waals surface area contributed by atoms with E-state index in [9.17, 15) is 18.0 Å². The van der Waals surface area contributed by atoms with Gasteiger partial charge in [-0.3, -0.25) is 0 Å². The predicted molar refractivity (Wildman–Crippen MR) is 80.4 cm³/mol. The standard InChI is InChI=1S/C15H21F3N2O3/c1-10(20-13(21)23-14(2,3)4)9-19-11-5-7-12(8-6-11)22-15(16,17)18/h5-8,10,19H,9H2,1-4H3,(H,20,21). The number of anilines is 1. The molecule has 1 aromatic carbocycles. The first-order valence-electron chi connectivity index (χ1n) is 7.04. The fraction of sp³-hybridized carbons (Fsp3) is 0.533. The molecule has 1 aromatic rings. The van der Waals surface area contributed by atoms with Crippen molar-refractivity contribution in [3.8, 4) is 5.75 Å². The molecule has 0 aliphatic carbocycles. The van der Waals surface area contributed by atoms with Gasteiger partial charge in [0.25, 0.3) is 0 Å². The number of ether oxygens (including phenoxy) is 2. The Morgan fingerprint density at radius 2 is 1.74 bits per heavy atom. The van der Waals surface area contributed by atoms with Crippen LogP contribution in [0, 0.1) is 0 Å². The number of hydrogen-bond donors (Lipinski definition) is 2. The van der Waals surface area contributed by atoms with Crippen LogP contribution in [0.2, 0.25) is 0 Å². The number of hydrogen-bond acceptors (Lipinski definition) is 4. The fourth-order valence-electron chi connectivity index (χ4n) is 1.61. The van der Waals surface area contributed by atoms with E-state index in [4.69, 9.17) is 4.74 Å². The summed E-state index contributed by atoms with van der Waals surface area (Å²) >= 11 is 0. The van der Waals surface area contributed by atoms with E-state index >= 15 is 0 Å². The van der Waals surface area contributed by atoms with Crippen molar-refractivity contribution in [2.24, 2.45) is 0 Å². The Balaban J connectivity index is 2.41. The van der Waals surface area contributed by atoms with Crippen LogP contribution in [0.25, 0.3) is 0 Å². The number of rotatable bonds is 5. The quantitative estimate of drug-likeness (QED) is 0.857. The Morgan fingerprint density at radius 3 is 2.22 bits per heavy atom. The van der Waals surface area contributed by atoms with Crippen LogP contribution >= 0.6 is 0 Å². The predicted octanol–water partition coefficient (Wildman–Crippen LogP) is 3.91. The van der Waals surface area contributed by atoms with Gasteiger partial charge in [0.05, 0.1) is 0 Å². The summed E-state index contributed by atoms with van der Waals surface area (Å²) in [5.74, 6) is -0.289. The molecule has 0 aliphatic heterocycles. The maximum atomic E-state index is 12.0. The molecule has 23 heavy (non-hydrogen) atoms. The molecule has 0 radical (unpaired) electrons. The molecule has 0 bridgehead atoms. The number of carbonyl (C=O) groups excluding carboxylic acids is 1. The van der Waals surface area contributed by atoms with Gasteiger partial charge in [0, 0.05) is 18.3 Å². The number of benzene rings is 1. The molecule has 130 valence electrons. The smallest absolute Gasteiger partial charge is 0.444 e. The Hall–Kier alpha value is -2.12. The highest BCUT2D eigenvalue weighted by Crippen LogP contribution is 2.23. The maximum Gasteiger partial charge on any atom is 0.573 e. The lowest BCUT2D eigenvalue weighted by molar-refractivity contribution is -0.274. The minimum Gasteiger partial charge on any atom is -0.444 e. The third-order valence-electron chi connectivity index (χ3n) is 2.46. The number of halogens is 3.